The van der Waals surface area contributed by atoms with Gasteiger partial charge in [-0.05, 0) is 35.7 Å². The topological polar surface area (TPSA) is 51.2 Å². The molecule has 2 atom stereocenters. The van der Waals surface area contributed by atoms with Gasteiger partial charge < -0.3 is 4.74 Å². The Labute approximate surface area is 100 Å². The average Bonchev–Trinajstić information content (AvgIpc) is 2.75. The summed E-state index contributed by atoms with van der Waals surface area (Å²) in [6.45, 7) is 1.98. The average molecular weight is 291 g/mol. The Hall–Kier alpha value is -0.460. The summed E-state index contributed by atoms with van der Waals surface area (Å²) in [6.07, 6.45) is 3.27. The fourth-order valence-electron chi connectivity index (χ4n) is 1.49. The fourth-order valence-corrected chi connectivity index (χ4v) is 2.60. The monoisotopic (exact) mass is 290 g/mol. The molecule has 0 saturated carbocycles. The first-order chi connectivity index (χ1) is 7.15. The van der Waals surface area contributed by atoms with E-state index in [1.807, 2.05) is 6.92 Å². The molecule has 2 unspecified atom stereocenters. The van der Waals surface area contributed by atoms with E-state index in [9.17, 15) is 4.79 Å². The Kier molecular flexibility index (Phi) is 3.38. The van der Waals surface area contributed by atoms with Gasteiger partial charge >= 0.3 is 0 Å². The molecule has 82 valence electrons. The molecule has 0 spiro atoms. The van der Waals surface area contributed by atoms with Gasteiger partial charge in [0.15, 0.2) is 5.13 Å². The highest BCUT2D eigenvalue weighted by molar-refractivity contribution is 9.11. The standard InChI is InChI=1S/C9H11BrN2O2S/c1-5-2-3-6(14-5)8(13)12-9-11-4-7(10)15-9/h4-6H,2-3H2,1H3,(H,11,12,13). The van der Waals surface area contributed by atoms with Gasteiger partial charge in [-0.15, -0.1) is 0 Å². The van der Waals surface area contributed by atoms with Crippen LogP contribution in [0.5, 0.6) is 0 Å². The molecule has 15 heavy (non-hydrogen) atoms. The predicted molar refractivity (Wildman–Crippen MR) is 62.0 cm³/mol. The van der Waals surface area contributed by atoms with Gasteiger partial charge in [0, 0.05) is 0 Å². The number of aromatic nitrogens is 1. The van der Waals surface area contributed by atoms with E-state index in [2.05, 4.69) is 26.2 Å². The molecule has 1 N–H and O–H groups in total. The first kappa shape index (κ1) is 11.0. The number of thiazole rings is 1. The third-order valence-corrected chi connectivity index (χ3v) is 3.62. The highest BCUT2D eigenvalue weighted by atomic mass is 79.9. The molecule has 1 aliphatic heterocycles. The molecule has 6 heteroatoms. The summed E-state index contributed by atoms with van der Waals surface area (Å²) >= 11 is 4.68. The lowest BCUT2D eigenvalue weighted by atomic mass is 10.2. The molecule has 1 amide bonds. The summed E-state index contributed by atoms with van der Waals surface area (Å²) < 4.78 is 6.36. The van der Waals surface area contributed by atoms with Gasteiger partial charge in [-0.2, -0.15) is 0 Å². The number of hydrogen-bond acceptors (Lipinski definition) is 4. The predicted octanol–water partition coefficient (Wildman–Crippen LogP) is 2.41. The van der Waals surface area contributed by atoms with Crippen LogP contribution in [0.15, 0.2) is 9.98 Å². The number of nitrogens with zero attached hydrogens (tertiary/aromatic N) is 1. The van der Waals surface area contributed by atoms with Crippen molar-refractivity contribution in [2.24, 2.45) is 0 Å². The van der Waals surface area contributed by atoms with E-state index in [1.165, 1.54) is 11.3 Å². The van der Waals surface area contributed by atoms with Crippen LogP contribution < -0.4 is 5.32 Å². The number of carbonyl (C=O) groups excluding carboxylic acids is 1. The van der Waals surface area contributed by atoms with Crippen molar-refractivity contribution in [1.29, 1.82) is 0 Å². The van der Waals surface area contributed by atoms with Crippen molar-refractivity contribution in [3.05, 3.63) is 9.98 Å². The lowest BCUT2D eigenvalue weighted by Gasteiger charge is -2.09. The van der Waals surface area contributed by atoms with Gasteiger partial charge in [-0.1, -0.05) is 11.3 Å². The highest BCUT2D eigenvalue weighted by Crippen LogP contribution is 2.25. The number of rotatable bonds is 2. The molecule has 0 aromatic carbocycles. The van der Waals surface area contributed by atoms with Crippen LogP contribution in [0.25, 0.3) is 0 Å². The molecule has 0 aliphatic carbocycles. The molecule has 1 saturated heterocycles. The van der Waals surface area contributed by atoms with Crippen molar-refractivity contribution in [1.82, 2.24) is 4.98 Å². The Bertz CT molecular complexity index is 369. The number of amides is 1. The maximum atomic E-state index is 11.7. The quantitative estimate of drug-likeness (QED) is 0.910. The first-order valence-corrected chi connectivity index (χ1v) is 6.34. The summed E-state index contributed by atoms with van der Waals surface area (Å²) in [6, 6.07) is 0. The zero-order valence-corrected chi connectivity index (χ0v) is 10.6. The Morgan fingerprint density at radius 3 is 3.07 bits per heavy atom. The van der Waals surface area contributed by atoms with E-state index in [0.29, 0.717) is 5.13 Å². The summed E-state index contributed by atoms with van der Waals surface area (Å²) in [5, 5.41) is 3.35. The summed E-state index contributed by atoms with van der Waals surface area (Å²) in [7, 11) is 0. The lowest BCUT2D eigenvalue weighted by molar-refractivity contribution is -0.126. The van der Waals surface area contributed by atoms with Crippen molar-refractivity contribution in [2.75, 3.05) is 5.32 Å². The molecule has 4 nitrogen and oxygen atoms in total. The number of nitrogens with one attached hydrogen (secondary N) is 1. The van der Waals surface area contributed by atoms with Crippen molar-refractivity contribution < 1.29 is 9.53 Å². The molecule has 1 aliphatic rings. The van der Waals surface area contributed by atoms with Crippen LogP contribution in [-0.2, 0) is 9.53 Å². The van der Waals surface area contributed by atoms with Crippen molar-refractivity contribution >= 4 is 38.3 Å². The molecule has 2 heterocycles. The van der Waals surface area contributed by atoms with E-state index in [-0.39, 0.29) is 18.1 Å². The number of ether oxygens (including phenoxy) is 1. The summed E-state index contributed by atoms with van der Waals surface area (Å²) in [5.41, 5.74) is 0. The lowest BCUT2D eigenvalue weighted by Crippen LogP contribution is -2.27. The fraction of sp³-hybridized carbons (Fsp3) is 0.556. The highest BCUT2D eigenvalue weighted by Gasteiger charge is 2.28. The number of carbonyl (C=O) groups is 1. The molecular weight excluding hydrogens is 280 g/mol. The van der Waals surface area contributed by atoms with E-state index in [1.54, 1.807) is 6.20 Å². The SMILES string of the molecule is CC1CCC(C(=O)Nc2ncc(Br)s2)O1. The van der Waals surface area contributed by atoms with Gasteiger partial charge in [0.25, 0.3) is 5.91 Å². The van der Waals surface area contributed by atoms with Crippen LogP contribution in [0.1, 0.15) is 19.8 Å². The van der Waals surface area contributed by atoms with Gasteiger partial charge in [0.2, 0.25) is 0 Å². The van der Waals surface area contributed by atoms with Gasteiger partial charge in [-0.3, -0.25) is 10.1 Å². The van der Waals surface area contributed by atoms with Gasteiger partial charge in [0.1, 0.15) is 6.10 Å². The first-order valence-electron chi connectivity index (χ1n) is 4.73. The van der Waals surface area contributed by atoms with Crippen molar-refractivity contribution in [3.63, 3.8) is 0 Å². The number of halogens is 1. The minimum Gasteiger partial charge on any atom is -0.365 e. The van der Waals surface area contributed by atoms with E-state index >= 15 is 0 Å². The zero-order chi connectivity index (χ0) is 10.8. The minimum absolute atomic E-state index is 0.0961. The second-order valence-electron chi connectivity index (χ2n) is 3.47. The van der Waals surface area contributed by atoms with Crippen molar-refractivity contribution in [3.8, 4) is 0 Å². The molecular formula is C9H11BrN2O2S. The molecule has 2 rings (SSSR count). The molecule has 1 aromatic rings. The van der Waals surface area contributed by atoms with Crippen molar-refractivity contribution in [2.45, 2.75) is 32.0 Å². The molecule has 0 radical (unpaired) electrons. The van der Waals surface area contributed by atoms with Crippen LogP contribution >= 0.6 is 27.3 Å². The maximum absolute atomic E-state index is 11.7. The molecule has 1 aromatic heterocycles. The molecule has 1 fully saturated rings. The van der Waals surface area contributed by atoms with E-state index in [0.717, 1.165) is 16.6 Å². The van der Waals surface area contributed by atoms with Crippen LogP contribution in [-0.4, -0.2) is 23.1 Å². The third kappa shape index (κ3) is 2.76. The Morgan fingerprint density at radius 1 is 1.73 bits per heavy atom. The molecule has 0 bridgehead atoms. The van der Waals surface area contributed by atoms with Gasteiger partial charge in [-0.25, -0.2) is 4.98 Å². The van der Waals surface area contributed by atoms with Crippen LogP contribution in [0.3, 0.4) is 0 Å². The largest absolute Gasteiger partial charge is 0.365 e. The summed E-state index contributed by atoms with van der Waals surface area (Å²) in [5.74, 6) is -0.0961. The third-order valence-electron chi connectivity index (χ3n) is 2.23. The maximum Gasteiger partial charge on any atom is 0.255 e. The zero-order valence-electron chi connectivity index (χ0n) is 8.20. The summed E-state index contributed by atoms with van der Waals surface area (Å²) in [4.78, 5) is 15.7. The van der Waals surface area contributed by atoms with Crippen LogP contribution in [0.4, 0.5) is 5.13 Å². The second-order valence-corrected chi connectivity index (χ2v) is 5.88. The normalized spacial score (nSPS) is 25.5. The smallest absolute Gasteiger partial charge is 0.255 e. The van der Waals surface area contributed by atoms with Crippen LogP contribution in [0.2, 0.25) is 0 Å². The van der Waals surface area contributed by atoms with Crippen LogP contribution in [0, 0.1) is 0 Å². The minimum atomic E-state index is -0.317. The number of anilines is 1. The van der Waals surface area contributed by atoms with E-state index < -0.39 is 0 Å². The Morgan fingerprint density at radius 2 is 2.53 bits per heavy atom. The Balaban J connectivity index is 1.92. The van der Waals surface area contributed by atoms with Gasteiger partial charge in [0.05, 0.1) is 16.1 Å². The number of hydrogen-bond donors (Lipinski definition) is 1. The van der Waals surface area contributed by atoms with E-state index in [4.69, 9.17) is 4.74 Å². The second kappa shape index (κ2) is 4.59.